The predicted molar refractivity (Wildman–Crippen MR) is 76.1 cm³/mol. The van der Waals surface area contributed by atoms with Gasteiger partial charge in [0.25, 0.3) is 0 Å². The molecule has 0 aromatic heterocycles. The Morgan fingerprint density at radius 2 is 2.00 bits per heavy atom. The van der Waals surface area contributed by atoms with Crippen LogP contribution in [-0.4, -0.2) is 28.9 Å². The summed E-state index contributed by atoms with van der Waals surface area (Å²) >= 11 is 0. The zero-order chi connectivity index (χ0) is 14.7. The zero-order valence-electron chi connectivity index (χ0n) is 12.0. The van der Waals surface area contributed by atoms with Crippen molar-refractivity contribution in [1.82, 2.24) is 4.90 Å². The van der Waals surface area contributed by atoms with Gasteiger partial charge < -0.3 is 10.0 Å². The van der Waals surface area contributed by atoms with E-state index in [0.29, 0.717) is 19.4 Å². The molecule has 1 amide bonds. The number of hydrogen-bond donors (Lipinski definition) is 1. The first kappa shape index (κ1) is 14.6. The maximum atomic E-state index is 12.4. The van der Waals surface area contributed by atoms with Gasteiger partial charge in [-0.25, -0.2) is 0 Å². The van der Waals surface area contributed by atoms with E-state index in [0.717, 1.165) is 17.5 Å². The van der Waals surface area contributed by atoms with Crippen LogP contribution in [0.25, 0.3) is 0 Å². The van der Waals surface area contributed by atoms with E-state index in [4.69, 9.17) is 5.11 Å². The fourth-order valence-corrected chi connectivity index (χ4v) is 3.00. The number of aliphatic carboxylic acids is 1. The van der Waals surface area contributed by atoms with Crippen molar-refractivity contribution in [2.45, 2.75) is 32.7 Å². The standard InChI is InChI=1S/C16H21NO3/c1-11-5-3-6-12(9-11)10-17(2)15(18)13-7-4-8-14(13)16(19)20/h3,5-6,9,13-14H,4,7-8,10H2,1-2H3,(H,19,20). The van der Waals surface area contributed by atoms with E-state index in [2.05, 4.69) is 0 Å². The fraction of sp³-hybridized carbons (Fsp3) is 0.500. The number of carbonyl (C=O) groups excluding carboxylic acids is 1. The van der Waals surface area contributed by atoms with Crippen LogP contribution in [0.15, 0.2) is 24.3 Å². The lowest BCUT2D eigenvalue weighted by atomic mass is 9.94. The second kappa shape index (κ2) is 6.07. The molecule has 4 nitrogen and oxygen atoms in total. The second-order valence-corrected chi connectivity index (χ2v) is 5.67. The van der Waals surface area contributed by atoms with Crippen LogP contribution in [0, 0.1) is 18.8 Å². The van der Waals surface area contributed by atoms with Gasteiger partial charge in [0.2, 0.25) is 5.91 Å². The Morgan fingerprint density at radius 3 is 2.65 bits per heavy atom. The maximum absolute atomic E-state index is 12.4. The molecule has 4 heteroatoms. The lowest BCUT2D eigenvalue weighted by molar-refractivity contribution is -0.148. The Hall–Kier alpha value is -1.84. The minimum Gasteiger partial charge on any atom is -0.481 e. The molecule has 1 aromatic carbocycles. The third-order valence-corrected chi connectivity index (χ3v) is 4.03. The average Bonchev–Trinajstić information content (AvgIpc) is 2.87. The van der Waals surface area contributed by atoms with Gasteiger partial charge in [0.15, 0.2) is 0 Å². The van der Waals surface area contributed by atoms with Crippen LogP contribution in [0.5, 0.6) is 0 Å². The summed E-state index contributed by atoms with van der Waals surface area (Å²) in [7, 11) is 1.75. The molecule has 1 fully saturated rings. The third kappa shape index (κ3) is 3.18. The number of carboxylic acid groups (broad SMARTS) is 1. The summed E-state index contributed by atoms with van der Waals surface area (Å²) < 4.78 is 0. The summed E-state index contributed by atoms with van der Waals surface area (Å²) in [6.07, 6.45) is 2.13. The van der Waals surface area contributed by atoms with Gasteiger partial charge in [-0.1, -0.05) is 36.2 Å². The minimum absolute atomic E-state index is 0.0450. The number of nitrogens with zero attached hydrogens (tertiary/aromatic N) is 1. The molecule has 108 valence electrons. The largest absolute Gasteiger partial charge is 0.481 e. The van der Waals surface area contributed by atoms with Crippen molar-refractivity contribution >= 4 is 11.9 Å². The Bertz CT molecular complexity index is 512. The van der Waals surface area contributed by atoms with Crippen molar-refractivity contribution in [3.63, 3.8) is 0 Å². The molecule has 0 radical (unpaired) electrons. The van der Waals surface area contributed by atoms with Gasteiger partial charge in [-0.05, 0) is 25.3 Å². The summed E-state index contributed by atoms with van der Waals surface area (Å²) in [5.74, 6) is -1.76. The van der Waals surface area contributed by atoms with E-state index < -0.39 is 11.9 Å². The summed E-state index contributed by atoms with van der Waals surface area (Å²) in [6, 6.07) is 8.02. The molecule has 1 aliphatic carbocycles. The van der Waals surface area contributed by atoms with E-state index in [1.807, 2.05) is 31.2 Å². The number of rotatable bonds is 4. The first-order chi connectivity index (χ1) is 9.49. The number of aryl methyl sites for hydroxylation is 1. The molecule has 1 N–H and O–H groups in total. The van der Waals surface area contributed by atoms with Gasteiger partial charge in [0.1, 0.15) is 0 Å². The summed E-state index contributed by atoms with van der Waals surface area (Å²) in [5, 5.41) is 9.17. The molecular formula is C16H21NO3. The molecule has 0 spiro atoms. The SMILES string of the molecule is Cc1cccc(CN(C)C(=O)C2CCCC2C(=O)O)c1. The zero-order valence-corrected chi connectivity index (χ0v) is 12.0. The predicted octanol–water partition coefficient (Wildman–Crippen LogP) is 2.45. The lowest BCUT2D eigenvalue weighted by Crippen LogP contribution is -2.36. The second-order valence-electron chi connectivity index (χ2n) is 5.67. The Balaban J connectivity index is 2.03. The van der Waals surface area contributed by atoms with Crippen LogP contribution >= 0.6 is 0 Å². The highest BCUT2D eigenvalue weighted by atomic mass is 16.4. The topological polar surface area (TPSA) is 57.6 Å². The summed E-state index contributed by atoms with van der Waals surface area (Å²) in [6.45, 7) is 2.55. The highest BCUT2D eigenvalue weighted by Gasteiger charge is 2.38. The number of carboxylic acids is 1. The number of benzene rings is 1. The van der Waals surface area contributed by atoms with E-state index >= 15 is 0 Å². The van der Waals surface area contributed by atoms with Crippen molar-refractivity contribution in [1.29, 1.82) is 0 Å². The molecule has 0 aliphatic heterocycles. The summed E-state index contributed by atoms with van der Waals surface area (Å²) in [4.78, 5) is 25.2. The van der Waals surface area contributed by atoms with Crippen LogP contribution < -0.4 is 0 Å². The molecule has 0 heterocycles. The smallest absolute Gasteiger partial charge is 0.307 e. The quantitative estimate of drug-likeness (QED) is 0.918. The summed E-state index contributed by atoms with van der Waals surface area (Å²) in [5.41, 5.74) is 2.23. The molecule has 0 saturated heterocycles. The van der Waals surface area contributed by atoms with Gasteiger partial charge in [0, 0.05) is 13.6 Å². The molecule has 1 aliphatic rings. The van der Waals surface area contributed by atoms with Crippen LogP contribution in [-0.2, 0) is 16.1 Å². The van der Waals surface area contributed by atoms with Gasteiger partial charge in [-0.2, -0.15) is 0 Å². The normalized spacial score (nSPS) is 21.7. The Labute approximate surface area is 119 Å². The van der Waals surface area contributed by atoms with Gasteiger partial charge in [0.05, 0.1) is 11.8 Å². The monoisotopic (exact) mass is 275 g/mol. The Morgan fingerprint density at radius 1 is 1.30 bits per heavy atom. The van der Waals surface area contributed by atoms with E-state index in [-0.39, 0.29) is 11.8 Å². The van der Waals surface area contributed by atoms with Gasteiger partial charge >= 0.3 is 5.97 Å². The van der Waals surface area contributed by atoms with Crippen LogP contribution in [0.4, 0.5) is 0 Å². The van der Waals surface area contributed by atoms with Crippen molar-refractivity contribution in [3.8, 4) is 0 Å². The highest BCUT2D eigenvalue weighted by molar-refractivity contribution is 5.85. The van der Waals surface area contributed by atoms with E-state index in [1.165, 1.54) is 0 Å². The fourth-order valence-electron chi connectivity index (χ4n) is 3.00. The van der Waals surface area contributed by atoms with Crippen LogP contribution in [0.2, 0.25) is 0 Å². The molecule has 1 aromatic rings. The molecule has 20 heavy (non-hydrogen) atoms. The molecule has 2 atom stereocenters. The Kier molecular flexibility index (Phi) is 4.42. The average molecular weight is 275 g/mol. The van der Waals surface area contributed by atoms with Crippen molar-refractivity contribution in [3.05, 3.63) is 35.4 Å². The number of amides is 1. The number of hydrogen-bond acceptors (Lipinski definition) is 2. The minimum atomic E-state index is -0.843. The highest BCUT2D eigenvalue weighted by Crippen LogP contribution is 2.33. The molecular weight excluding hydrogens is 254 g/mol. The van der Waals surface area contributed by atoms with Crippen molar-refractivity contribution in [2.24, 2.45) is 11.8 Å². The van der Waals surface area contributed by atoms with Crippen LogP contribution in [0.3, 0.4) is 0 Å². The number of carbonyl (C=O) groups is 2. The maximum Gasteiger partial charge on any atom is 0.307 e. The molecule has 0 bridgehead atoms. The van der Waals surface area contributed by atoms with E-state index in [1.54, 1.807) is 11.9 Å². The molecule has 1 saturated carbocycles. The van der Waals surface area contributed by atoms with Gasteiger partial charge in [-0.15, -0.1) is 0 Å². The first-order valence-electron chi connectivity index (χ1n) is 7.02. The van der Waals surface area contributed by atoms with Crippen molar-refractivity contribution in [2.75, 3.05) is 7.05 Å². The molecule has 2 rings (SSSR count). The van der Waals surface area contributed by atoms with Crippen LogP contribution in [0.1, 0.15) is 30.4 Å². The molecule has 2 unspecified atom stereocenters. The third-order valence-electron chi connectivity index (χ3n) is 4.03. The first-order valence-corrected chi connectivity index (χ1v) is 7.02. The van der Waals surface area contributed by atoms with E-state index in [9.17, 15) is 9.59 Å². The van der Waals surface area contributed by atoms with Gasteiger partial charge in [-0.3, -0.25) is 9.59 Å². The van der Waals surface area contributed by atoms with Crippen molar-refractivity contribution < 1.29 is 14.7 Å². The lowest BCUT2D eigenvalue weighted by Gasteiger charge is -2.23.